The van der Waals surface area contributed by atoms with Gasteiger partial charge >= 0.3 is 0 Å². The van der Waals surface area contributed by atoms with Crippen molar-refractivity contribution in [3.05, 3.63) is 297 Å². The Balaban J connectivity index is 1.03. The molecule has 0 amide bonds. The van der Waals surface area contributed by atoms with Gasteiger partial charge in [-0.25, -0.2) is 0 Å². The largest absolute Gasteiger partial charge is 0.309 e. The molecule has 5 heterocycles. The highest BCUT2D eigenvalue weighted by molar-refractivity contribution is 6.17. The molecule has 0 radical (unpaired) electrons. The molecular weight excluding hydrogens is 1030 g/mol. The predicted octanol–water partition coefficient (Wildman–Crippen LogP) is 20.4. The fourth-order valence-corrected chi connectivity index (χ4v) is 14.3. The second-order valence-electron chi connectivity index (χ2n) is 22.3. The van der Waals surface area contributed by atoms with Gasteiger partial charge in [0.05, 0.1) is 89.5 Å². The van der Waals surface area contributed by atoms with E-state index in [-0.39, 0.29) is 0 Å². The monoisotopic (exact) mass is 1080 g/mol. The molecule has 18 aromatic rings. The fraction of sp³-hybridized carbons (Fsp3) is 0. The number of hydrogen-bond donors (Lipinski definition) is 0. The van der Waals surface area contributed by atoms with Crippen molar-refractivity contribution in [3.63, 3.8) is 0 Å². The summed E-state index contributed by atoms with van der Waals surface area (Å²) in [5.41, 5.74) is 21.1. The molecule has 5 aromatic heterocycles. The smallest absolute Gasteiger partial charge is 0.0991 e. The minimum absolute atomic E-state index is 0.596. The average Bonchev–Trinajstić information content (AvgIpc) is 1.91. The molecular formula is C79H48N6. The number of nitriles is 1. The van der Waals surface area contributed by atoms with E-state index < -0.39 is 0 Å². The van der Waals surface area contributed by atoms with Gasteiger partial charge in [0.25, 0.3) is 0 Å². The first-order chi connectivity index (χ1) is 42.2. The van der Waals surface area contributed by atoms with Crippen molar-refractivity contribution in [1.82, 2.24) is 22.8 Å². The van der Waals surface area contributed by atoms with Gasteiger partial charge in [-0.3, -0.25) is 0 Å². The maximum atomic E-state index is 10.5. The zero-order chi connectivity index (χ0) is 55.9. The van der Waals surface area contributed by atoms with E-state index in [4.69, 9.17) is 0 Å². The first kappa shape index (κ1) is 47.0. The van der Waals surface area contributed by atoms with E-state index in [0.717, 1.165) is 116 Å². The molecule has 0 spiro atoms. The molecule has 0 saturated carbocycles. The van der Waals surface area contributed by atoms with E-state index in [9.17, 15) is 5.26 Å². The zero-order valence-electron chi connectivity index (χ0n) is 45.9. The van der Waals surface area contributed by atoms with Gasteiger partial charge < -0.3 is 22.8 Å². The SMILES string of the molecule is N#Cc1ccc(-c2c(-n3c4ccccc4c4ccccc43)c(-n3c4ccccc4c4ccccc43)cc(-n3c4ccccc4c4cc(-c5ccc6c(c5)c5ccccc5n6-c5ccccc5)ccc43)c2-n2c3ccccc3c3ccccc32)cc1. The topological polar surface area (TPSA) is 48.4 Å². The summed E-state index contributed by atoms with van der Waals surface area (Å²) in [4.78, 5) is 0. The molecule has 0 aliphatic carbocycles. The number of aromatic nitrogens is 5. The molecule has 0 saturated heterocycles. The van der Waals surface area contributed by atoms with Crippen LogP contribution < -0.4 is 0 Å². The van der Waals surface area contributed by atoms with E-state index in [1.165, 1.54) is 43.4 Å². The van der Waals surface area contributed by atoms with E-state index in [1.54, 1.807) is 0 Å². The molecule has 18 rings (SSSR count). The minimum Gasteiger partial charge on any atom is -0.309 e. The Bertz CT molecular complexity index is 5700. The van der Waals surface area contributed by atoms with Crippen LogP contribution in [0.5, 0.6) is 0 Å². The number of rotatable bonds is 7. The third-order valence-electron chi connectivity index (χ3n) is 17.9. The Labute approximate surface area is 488 Å². The van der Waals surface area contributed by atoms with Crippen LogP contribution in [0.1, 0.15) is 5.56 Å². The second kappa shape index (κ2) is 18.2. The van der Waals surface area contributed by atoms with Crippen molar-refractivity contribution in [2.45, 2.75) is 0 Å². The molecule has 85 heavy (non-hydrogen) atoms. The number of para-hydroxylation sites is 9. The van der Waals surface area contributed by atoms with Crippen LogP contribution in [0, 0.1) is 11.3 Å². The minimum atomic E-state index is 0.596. The third-order valence-corrected chi connectivity index (χ3v) is 17.9. The van der Waals surface area contributed by atoms with Crippen LogP contribution in [0.3, 0.4) is 0 Å². The van der Waals surface area contributed by atoms with Gasteiger partial charge in [0.2, 0.25) is 0 Å². The highest BCUT2D eigenvalue weighted by atomic mass is 15.1. The number of fused-ring (bicyclic) bond motifs is 15. The molecule has 0 atom stereocenters. The summed E-state index contributed by atoms with van der Waals surface area (Å²) in [7, 11) is 0. The van der Waals surface area contributed by atoms with Gasteiger partial charge in [-0.1, -0.05) is 188 Å². The molecule has 0 bridgehead atoms. The molecule has 0 unspecified atom stereocenters. The van der Waals surface area contributed by atoms with Gasteiger partial charge in [-0.05, 0) is 120 Å². The summed E-state index contributed by atoms with van der Waals surface area (Å²) >= 11 is 0. The second-order valence-corrected chi connectivity index (χ2v) is 22.3. The first-order valence-electron chi connectivity index (χ1n) is 29.0. The number of nitrogens with zero attached hydrogens (tertiary/aromatic N) is 6. The Morgan fingerprint density at radius 1 is 0.224 bits per heavy atom. The van der Waals surface area contributed by atoms with Gasteiger partial charge in [0, 0.05) is 65.1 Å². The zero-order valence-corrected chi connectivity index (χ0v) is 45.9. The standard InChI is InChI=1S/C79H48N6/c80-49-50-38-40-51(41-39-50)77-78(84-69-34-16-6-24-57(69)58-25-7-17-35-70(58)84)75(82-66-31-13-4-22-55(66)56-23-5-14-32-67(56)82)48-76(79(77)85-71-36-18-8-26-59(71)60-27-9-19-37-72(60)85)83-68-33-15-11-29-62(68)64-47-53(43-45-74(64)83)52-42-44-73-63(46-52)61-28-10-12-30-65(61)81(73)54-20-2-1-3-21-54/h1-48H. The van der Waals surface area contributed by atoms with E-state index in [2.05, 4.69) is 308 Å². The van der Waals surface area contributed by atoms with Gasteiger partial charge in [-0.2, -0.15) is 5.26 Å². The molecule has 6 heteroatoms. The lowest BCUT2D eigenvalue weighted by Gasteiger charge is -2.28. The van der Waals surface area contributed by atoms with E-state index >= 15 is 0 Å². The molecule has 394 valence electrons. The summed E-state index contributed by atoms with van der Waals surface area (Å²) in [6, 6.07) is 109. The molecule has 13 aromatic carbocycles. The van der Waals surface area contributed by atoms with Crippen LogP contribution in [0.15, 0.2) is 291 Å². The highest BCUT2D eigenvalue weighted by Gasteiger charge is 2.31. The van der Waals surface area contributed by atoms with Crippen molar-refractivity contribution >= 4 is 109 Å². The number of benzene rings is 13. The normalized spacial score (nSPS) is 12.0. The van der Waals surface area contributed by atoms with Crippen LogP contribution in [0.25, 0.3) is 160 Å². The Morgan fingerprint density at radius 2 is 0.506 bits per heavy atom. The lowest BCUT2D eigenvalue weighted by Crippen LogP contribution is -2.13. The Morgan fingerprint density at radius 3 is 0.871 bits per heavy atom. The quantitative estimate of drug-likeness (QED) is 0.157. The van der Waals surface area contributed by atoms with Crippen LogP contribution in [-0.2, 0) is 0 Å². The van der Waals surface area contributed by atoms with Crippen LogP contribution in [0.4, 0.5) is 0 Å². The molecule has 6 nitrogen and oxygen atoms in total. The van der Waals surface area contributed by atoms with Crippen molar-refractivity contribution < 1.29 is 0 Å². The lowest BCUT2D eigenvalue weighted by molar-refractivity contribution is 1.05. The van der Waals surface area contributed by atoms with E-state index in [0.29, 0.717) is 5.56 Å². The Kier molecular flexibility index (Phi) is 10.1. The summed E-state index contributed by atoms with van der Waals surface area (Å²) in [6.07, 6.45) is 0. The Hall–Kier alpha value is -11.7. The van der Waals surface area contributed by atoms with Crippen molar-refractivity contribution in [2.75, 3.05) is 0 Å². The van der Waals surface area contributed by atoms with Crippen LogP contribution in [0.2, 0.25) is 0 Å². The van der Waals surface area contributed by atoms with E-state index in [1.807, 2.05) is 12.1 Å². The molecule has 0 aliphatic rings. The lowest BCUT2D eigenvalue weighted by atomic mass is 9.96. The first-order valence-corrected chi connectivity index (χ1v) is 29.0. The number of hydrogen-bond acceptors (Lipinski definition) is 1. The molecule has 0 fully saturated rings. The summed E-state index contributed by atoms with van der Waals surface area (Å²) in [5.74, 6) is 0. The highest BCUT2D eigenvalue weighted by Crippen LogP contribution is 2.50. The molecule has 0 N–H and O–H groups in total. The van der Waals surface area contributed by atoms with Crippen LogP contribution >= 0.6 is 0 Å². The van der Waals surface area contributed by atoms with Crippen molar-refractivity contribution in [3.8, 4) is 56.8 Å². The third kappa shape index (κ3) is 6.75. The summed E-state index contributed by atoms with van der Waals surface area (Å²) in [5, 5.41) is 22.2. The van der Waals surface area contributed by atoms with Crippen LogP contribution in [-0.4, -0.2) is 22.8 Å². The van der Waals surface area contributed by atoms with Gasteiger partial charge in [-0.15, -0.1) is 0 Å². The van der Waals surface area contributed by atoms with Gasteiger partial charge in [0.15, 0.2) is 0 Å². The maximum Gasteiger partial charge on any atom is 0.0991 e. The average molecular weight is 1080 g/mol. The maximum absolute atomic E-state index is 10.5. The fourth-order valence-electron chi connectivity index (χ4n) is 14.3. The molecule has 0 aliphatic heterocycles. The summed E-state index contributed by atoms with van der Waals surface area (Å²) < 4.78 is 12.5. The van der Waals surface area contributed by atoms with Crippen molar-refractivity contribution in [2.24, 2.45) is 0 Å². The van der Waals surface area contributed by atoms with Gasteiger partial charge in [0.1, 0.15) is 0 Å². The predicted molar refractivity (Wildman–Crippen MR) is 354 cm³/mol. The summed E-state index contributed by atoms with van der Waals surface area (Å²) in [6.45, 7) is 0. The van der Waals surface area contributed by atoms with Crippen molar-refractivity contribution in [1.29, 1.82) is 5.26 Å².